The second-order valence-corrected chi connectivity index (χ2v) is 8.50. The summed E-state index contributed by atoms with van der Waals surface area (Å²) in [4.78, 5) is 49.0. The van der Waals surface area contributed by atoms with Crippen LogP contribution in [-0.2, 0) is 16.1 Å². The highest BCUT2D eigenvalue weighted by molar-refractivity contribution is 5.99. The fourth-order valence-electron chi connectivity index (χ4n) is 3.91. The summed E-state index contributed by atoms with van der Waals surface area (Å²) in [5, 5.41) is 9.07. The minimum atomic E-state index is -0.714. The molecule has 2 aromatic carbocycles. The zero-order valence-electron chi connectivity index (χ0n) is 18.6. The number of rotatable bonds is 5. The molecule has 8 heteroatoms. The Bertz CT molecular complexity index is 1280. The van der Waals surface area contributed by atoms with E-state index in [0.717, 1.165) is 10.9 Å². The lowest BCUT2D eigenvalue weighted by Crippen LogP contribution is -2.44. The number of benzene rings is 2. The zero-order valence-corrected chi connectivity index (χ0v) is 18.6. The van der Waals surface area contributed by atoms with Crippen LogP contribution in [0.4, 0.5) is 10.5 Å². The molecule has 1 atom stereocenters. The molecule has 4 rings (SSSR count). The van der Waals surface area contributed by atoms with Crippen molar-refractivity contribution in [1.82, 2.24) is 15.2 Å². The number of aromatic nitrogens is 1. The van der Waals surface area contributed by atoms with Crippen molar-refractivity contribution in [2.45, 2.75) is 45.2 Å². The molecule has 170 valence electrons. The molecule has 8 nitrogen and oxygen atoms in total. The number of pyridine rings is 1. The second-order valence-electron chi connectivity index (χ2n) is 8.50. The number of hydrogen-bond acceptors (Lipinski definition) is 4. The van der Waals surface area contributed by atoms with Gasteiger partial charge in [-0.25, -0.2) is 4.79 Å². The third-order valence-electron chi connectivity index (χ3n) is 5.83. The maximum atomic E-state index is 13.1. The van der Waals surface area contributed by atoms with Crippen molar-refractivity contribution in [3.8, 4) is 0 Å². The topological polar surface area (TPSA) is 109 Å². The molecule has 1 saturated heterocycles. The van der Waals surface area contributed by atoms with E-state index < -0.39 is 11.9 Å². The standard InChI is InChI=1S/C25H26N4O4/c1-15(2)17-5-7-19(8-6-17)27-25(33)26-14-16-3-4-18-11-12-29(24(32)20(18)13-16)21-9-10-22(30)28-23(21)31/h3-8,11-13,15,21H,9-10,14H2,1-2H3,(H2,26,27,33)(H,28,30,31). The smallest absolute Gasteiger partial charge is 0.319 e. The molecule has 1 aliphatic rings. The predicted molar refractivity (Wildman–Crippen MR) is 126 cm³/mol. The number of anilines is 1. The van der Waals surface area contributed by atoms with E-state index in [-0.39, 0.29) is 36.9 Å². The average Bonchev–Trinajstić information content (AvgIpc) is 2.79. The van der Waals surface area contributed by atoms with Crippen molar-refractivity contribution >= 4 is 34.3 Å². The summed E-state index contributed by atoms with van der Waals surface area (Å²) in [7, 11) is 0. The van der Waals surface area contributed by atoms with E-state index >= 15 is 0 Å². The molecule has 0 bridgehead atoms. The lowest BCUT2D eigenvalue weighted by molar-refractivity contribution is -0.135. The number of hydrogen-bond donors (Lipinski definition) is 3. The molecule has 3 aromatic rings. The van der Waals surface area contributed by atoms with Gasteiger partial charge in [0.1, 0.15) is 6.04 Å². The summed E-state index contributed by atoms with van der Waals surface area (Å²) in [6, 6.07) is 13.8. The Morgan fingerprint density at radius 2 is 1.85 bits per heavy atom. The number of urea groups is 1. The molecule has 2 heterocycles. The number of imide groups is 1. The number of nitrogens with zero attached hydrogens (tertiary/aromatic N) is 1. The van der Waals surface area contributed by atoms with E-state index in [0.29, 0.717) is 17.0 Å². The fourth-order valence-corrected chi connectivity index (χ4v) is 3.91. The van der Waals surface area contributed by atoms with Crippen LogP contribution in [0.1, 0.15) is 49.8 Å². The molecule has 1 aromatic heterocycles. The Kier molecular flexibility index (Phi) is 6.26. The van der Waals surface area contributed by atoms with Gasteiger partial charge in [0.25, 0.3) is 5.56 Å². The third-order valence-corrected chi connectivity index (χ3v) is 5.83. The highest BCUT2D eigenvalue weighted by Gasteiger charge is 2.28. The van der Waals surface area contributed by atoms with E-state index in [4.69, 9.17) is 0 Å². The van der Waals surface area contributed by atoms with Crippen LogP contribution in [0, 0.1) is 0 Å². The summed E-state index contributed by atoms with van der Waals surface area (Å²) < 4.78 is 1.37. The Labute approximate surface area is 191 Å². The van der Waals surface area contributed by atoms with Gasteiger partial charge in [-0.1, -0.05) is 38.1 Å². The minimum Gasteiger partial charge on any atom is -0.334 e. The lowest BCUT2D eigenvalue weighted by atomic mass is 10.0. The van der Waals surface area contributed by atoms with Crippen LogP contribution in [0.2, 0.25) is 0 Å². The molecule has 4 amide bonds. The number of carbonyl (C=O) groups is 3. The first-order valence-corrected chi connectivity index (χ1v) is 10.9. The van der Waals surface area contributed by atoms with Gasteiger partial charge in [-0.05, 0) is 53.1 Å². The van der Waals surface area contributed by atoms with E-state index in [1.54, 1.807) is 18.3 Å². The van der Waals surface area contributed by atoms with Gasteiger partial charge in [0, 0.05) is 30.2 Å². The van der Waals surface area contributed by atoms with Crippen LogP contribution in [0.5, 0.6) is 0 Å². The van der Waals surface area contributed by atoms with Gasteiger partial charge < -0.3 is 15.2 Å². The maximum absolute atomic E-state index is 13.1. The Hall–Kier alpha value is -3.94. The summed E-state index contributed by atoms with van der Waals surface area (Å²) in [6.07, 6.45) is 2.07. The molecule has 1 aliphatic heterocycles. The Morgan fingerprint density at radius 3 is 2.55 bits per heavy atom. The summed E-state index contributed by atoms with van der Waals surface area (Å²) in [6.45, 7) is 4.45. The quantitative estimate of drug-likeness (QED) is 0.522. The van der Waals surface area contributed by atoms with Crippen molar-refractivity contribution < 1.29 is 14.4 Å². The van der Waals surface area contributed by atoms with Crippen molar-refractivity contribution in [2.24, 2.45) is 0 Å². The lowest BCUT2D eigenvalue weighted by Gasteiger charge is -2.23. The third kappa shape index (κ3) is 4.95. The van der Waals surface area contributed by atoms with Crippen molar-refractivity contribution in [3.05, 3.63) is 76.2 Å². The van der Waals surface area contributed by atoms with E-state index in [2.05, 4.69) is 29.8 Å². The van der Waals surface area contributed by atoms with Crippen molar-refractivity contribution in [3.63, 3.8) is 0 Å². The molecule has 0 spiro atoms. The summed E-state index contributed by atoms with van der Waals surface area (Å²) in [5.74, 6) is -0.378. The average molecular weight is 447 g/mol. The molecule has 3 N–H and O–H groups in total. The van der Waals surface area contributed by atoms with Crippen LogP contribution < -0.4 is 21.5 Å². The molecule has 0 saturated carbocycles. The number of nitrogens with one attached hydrogen (secondary N) is 3. The second kappa shape index (κ2) is 9.28. The van der Waals surface area contributed by atoms with Gasteiger partial charge in [-0.3, -0.25) is 19.7 Å². The first-order valence-electron chi connectivity index (χ1n) is 10.9. The minimum absolute atomic E-state index is 0.195. The predicted octanol–water partition coefficient (Wildman–Crippen LogP) is 3.42. The number of carbonyl (C=O) groups excluding carboxylic acids is 3. The van der Waals surface area contributed by atoms with E-state index in [9.17, 15) is 19.2 Å². The SMILES string of the molecule is CC(C)c1ccc(NC(=O)NCc2ccc3ccn(C4CCC(=O)NC4=O)c(=O)c3c2)cc1. The normalized spacial score (nSPS) is 16.0. The van der Waals surface area contributed by atoms with Crippen LogP contribution in [-0.4, -0.2) is 22.4 Å². The number of fused-ring (bicyclic) bond motifs is 1. The molecule has 1 fully saturated rings. The molecule has 0 aliphatic carbocycles. The zero-order chi connectivity index (χ0) is 23.5. The van der Waals surface area contributed by atoms with Crippen molar-refractivity contribution in [2.75, 3.05) is 5.32 Å². The van der Waals surface area contributed by atoms with Crippen molar-refractivity contribution in [1.29, 1.82) is 0 Å². The molecule has 33 heavy (non-hydrogen) atoms. The Morgan fingerprint density at radius 1 is 1.09 bits per heavy atom. The monoisotopic (exact) mass is 446 g/mol. The largest absolute Gasteiger partial charge is 0.334 e. The van der Waals surface area contributed by atoms with E-state index in [1.807, 2.05) is 36.4 Å². The first-order chi connectivity index (χ1) is 15.8. The van der Waals surface area contributed by atoms with E-state index in [1.165, 1.54) is 10.1 Å². The van der Waals surface area contributed by atoms with Crippen LogP contribution >= 0.6 is 0 Å². The van der Waals surface area contributed by atoms with Gasteiger partial charge >= 0.3 is 6.03 Å². The fraction of sp³-hybridized carbons (Fsp3) is 0.280. The molecular formula is C25H26N4O4. The Balaban J connectivity index is 1.46. The van der Waals surface area contributed by atoms with Crippen LogP contribution in [0.25, 0.3) is 10.8 Å². The molecule has 1 unspecified atom stereocenters. The van der Waals surface area contributed by atoms with Gasteiger partial charge in [-0.2, -0.15) is 0 Å². The highest BCUT2D eigenvalue weighted by atomic mass is 16.2. The first kappa shape index (κ1) is 22.3. The highest BCUT2D eigenvalue weighted by Crippen LogP contribution is 2.20. The maximum Gasteiger partial charge on any atom is 0.319 e. The van der Waals surface area contributed by atoms with Crippen LogP contribution in [0.15, 0.2) is 59.5 Å². The van der Waals surface area contributed by atoms with Gasteiger partial charge in [0.05, 0.1) is 0 Å². The van der Waals surface area contributed by atoms with Gasteiger partial charge in [0.2, 0.25) is 11.8 Å². The molecular weight excluding hydrogens is 420 g/mol. The number of amides is 4. The number of piperidine rings is 1. The van der Waals surface area contributed by atoms with Crippen LogP contribution in [0.3, 0.4) is 0 Å². The van der Waals surface area contributed by atoms with Gasteiger partial charge in [-0.15, -0.1) is 0 Å². The van der Waals surface area contributed by atoms with Gasteiger partial charge in [0.15, 0.2) is 0 Å². The summed E-state index contributed by atoms with van der Waals surface area (Å²) in [5.41, 5.74) is 2.34. The summed E-state index contributed by atoms with van der Waals surface area (Å²) >= 11 is 0. The molecule has 0 radical (unpaired) electrons.